The SMILES string of the molecule is COCCOC(=O)CCc1ccc(F)cc1. The first-order chi connectivity index (χ1) is 7.72. The van der Waals surface area contributed by atoms with Crippen molar-refractivity contribution in [3.05, 3.63) is 35.6 Å². The largest absolute Gasteiger partial charge is 0.463 e. The van der Waals surface area contributed by atoms with Gasteiger partial charge in [0.2, 0.25) is 0 Å². The highest BCUT2D eigenvalue weighted by molar-refractivity contribution is 5.69. The Morgan fingerprint density at radius 2 is 1.94 bits per heavy atom. The second-order valence-corrected chi connectivity index (χ2v) is 3.34. The second kappa shape index (κ2) is 6.95. The number of halogens is 1. The molecule has 0 aliphatic rings. The van der Waals surface area contributed by atoms with Gasteiger partial charge in [-0.25, -0.2) is 4.39 Å². The summed E-state index contributed by atoms with van der Waals surface area (Å²) in [4.78, 5) is 11.2. The van der Waals surface area contributed by atoms with Gasteiger partial charge in [0.1, 0.15) is 12.4 Å². The van der Waals surface area contributed by atoms with E-state index in [0.29, 0.717) is 19.4 Å². The average molecular weight is 226 g/mol. The number of carbonyl (C=O) groups is 1. The van der Waals surface area contributed by atoms with Crippen LogP contribution in [0.25, 0.3) is 0 Å². The van der Waals surface area contributed by atoms with Gasteiger partial charge in [-0.15, -0.1) is 0 Å². The fourth-order valence-corrected chi connectivity index (χ4v) is 1.21. The Morgan fingerprint density at radius 3 is 2.56 bits per heavy atom. The van der Waals surface area contributed by atoms with Crippen LogP contribution >= 0.6 is 0 Å². The Hall–Kier alpha value is -1.42. The molecular formula is C12H15FO3. The lowest BCUT2D eigenvalue weighted by atomic mass is 10.1. The molecule has 0 atom stereocenters. The summed E-state index contributed by atoms with van der Waals surface area (Å²) in [5.41, 5.74) is 0.921. The van der Waals surface area contributed by atoms with Crippen molar-refractivity contribution >= 4 is 5.97 Å². The van der Waals surface area contributed by atoms with E-state index in [1.165, 1.54) is 12.1 Å². The molecule has 0 aliphatic carbocycles. The van der Waals surface area contributed by atoms with Crippen LogP contribution in [0.3, 0.4) is 0 Å². The van der Waals surface area contributed by atoms with Gasteiger partial charge >= 0.3 is 5.97 Å². The predicted octanol–water partition coefficient (Wildman–Crippen LogP) is 1.95. The zero-order chi connectivity index (χ0) is 11.8. The van der Waals surface area contributed by atoms with Gasteiger partial charge in [0.25, 0.3) is 0 Å². The maximum absolute atomic E-state index is 12.6. The number of methoxy groups -OCH3 is 1. The Morgan fingerprint density at radius 1 is 1.25 bits per heavy atom. The Labute approximate surface area is 94.2 Å². The molecule has 88 valence electrons. The van der Waals surface area contributed by atoms with Gasteiger partial charge in [-0.2, -0.15) is 0 Å². The van der Waals surface area contributed by atoms with Gasteiger partial charge in [0.05, 0.1) is 6.61 Å². The molecule has 0 fully saturated rings. The summed E-state index contributed by atoms with van der Waals surface area (Å²) < 4.78 is 22.2. The Bertz CT molecular complexity index is 322. The minimum absolute atomic E-state index is 0.263. The number of carbonyl (C=O) groups excluding carboxylic acids is 1. The molecule has 16 heavy (non-hydrogen) atoms. The Balaban J connectivity index is 2.23. The minimum Gasteiger partial charge on any atom is -0.463 e. The number of hydrogen-bond donors (Lipinski definition) is 0. The quantitative estimate of drug-likeness (QED) is 0.549. The van der Waals surface area contributed by atoms with Crippen molar-refractivity contribution in [2.75, 3.05) is 20.3 Å². The molecule has 0 amide bonds. The van der Waals surface area contributed by atoms with Crippen LogP contribution in [-0.4, -0.2) is 26.3 Å². The fraction of sp³-hybridized carbons (Fsp3) is 0.417. The summed E-state index contributed by atoms with van der Waals surface area (Å²) in [6.45, 7) is 0.682. The number of rotatable bonds is 6. The van der Waals surface area contributed by atoms with Crippen molar-refractivity contribution in [2.24, 2.45) is 0 Å². The van der Waals surface area contributed by atoms with Crippen molar-refractivity contribution in [1.82, 2.24) is 0 Å². The number of aryl methyl sites for hydroxylation is 1. The normalized spacial score (nSPS) is 10.1. The minimum atomic E-state index is -0.272. The summed E-state index contributed by atoms with van der Waals surface area (Å²) in [5, 5.41) is 0. The smallest absolute Gasteiger partial charge is 0.306 e. The highest BCUT2D eigenvalue weighted by Gasteiger charge is 2.03. The summed E-state index contributed by atoms with van der Waals surface area (Å²) >= 11 is 0. The number of ether oxygens (including phenoxy) is 2. The van der Waals surface area contributed by atoms with Crippen molar-refractivity contribution in [3.8, 4) is 0 Å². The summed E-state index contributed by atoms with van der Waals surface area (Å²) in [6, 6.07) is 6.09. The third kappa shape index (κ3) is 4.89. The van der Waals surface area contributed by atoms with E-state index in [-0.39, 0.29) is 18.4 Å². The zero-order valence-electron chi connectivity index (χ0n) is 9.24. The van der Waals surface area contributed by atoms with Crippen LogP contribution in [0, 0.1) is 5.82 Å². The maximum atomic E-state index is 12.6. The average Bonchev–Trinajstić information content (AvgIpc) is 2.29. The van der Waals surface area contributed by atoms with Crippen molar-refractivity contribution < 1.29 is 18.7 Å². The molecule has 0 bridgehead atoms. The summed E-state index contributed by atoms with van der Waals surface area (Å²) in [7, 11) is 1.55. The lowest BCUT2D eigenvalue weighted by Gasteiger charge is -2.04. The number of hydrogen-bond acceptors (Lipinski definition) is 3. The van der Waals surface area contributed by atoms with Crippen LogP contribution < -0.4 is 0 Å². The maximum Gasteiger partial charge on any atom is 0.306 e. The fourth-order valence-electron chi connectivity index (χ4n) is 1.21. The van der Waals surface area contributed by atoms with E-state index < -0.39 is 0 Å². The first kappa shape index (κ1) is 12.6. The summed E-state index contributed by atoms with van der Waals surface area (Å²) in [6.07, 6.45) is 0.863. The van der Waals surface area contributed by atoms with E-state index in [2.05, 4.69) is 0 Å². The van der Waals surface area contributed by atoms with E-state index in [9.17, 15) is 9.18 Å². The van der Waals surface area contributed by atoms with Gasteiger partial charge in [0.15, 0.2) is 0 Å². The molecule has 3 nitrogen and oxygen atoms in total. The zero-order valence-corrected chi connectivity index (χ0v) is 9.24. The summed E-state index contributed by atoms with van der Waals surface area (Å²) in [5.74, 6) is -0.534. The van der Waals surface area contributed by atoms with Crippen LogP contribution in [0.15, 0.2) is 24.3 Å². The van der Waals surface area contributed by atoms with Crippen LogP contribution in [0.4, 0.5) is 4.39 Å². The first-order valence-corrected chi connectivity index (χ1v) is 5.11. The molecule has 0 aromatic heterocycles. The highest BCUT2D eigenvalue weighted by atomic mass is 19.1. The molecule has 0 N–H and O–H groups in total. The third-order valence-electron chi connectivity index (χ3n) is 2.08. The van der Waals surface area contributed by atoms with Gasteiger partial charge in [0, 0.05) is 13.5 Å². The van der Waals surface area contributed by atoms with Crippen molar-refractivity contribution in [2.45, 2.75) is 12.8 Å². The Kier molecular flexibility index (Phi) is 5.50. The molecule has 0 spiro atoms. The molecular weight excluding hydrogens is 211 g/mol. The lowest BCUT2D eigenvalue weighted by Crippen LogP contribution is -2.10. The standard InChI is InChI=1S/C12H15FO3/c1-15-8-9-16-12(14)7-4-10-2-5-11(13)6-3-10/h2-3,5-6H,4,7-9H2,1H3. The number of esters is 1. The molecule has 0 aliphatic heterocycles. The van der Waals surface area contributed by atoms with Crippen LogP contribution in [0.1, 0.15) is 12.0 Å². The molecule has 1 rings (SSSR count). The molecule has 0 radical (unpaired) electrons. The molecule has 0 heterocycles. The molecule has 1 aromatic rings. The number of benzene rings is 1. The molecule has 4 heteroatoms. The van der Waals surface area contributed by atoms with Gasteiger partial charge in [-0.3, -0.25) is 4.79 Å². The van der Waals surface area contributed by atoms with Crippen molar-refractivity contribution in [3.63, 3.8) is 0 Å². The van der Waals surface area contributed by atoms with Gasteiger partial charge in [-0.05, 0) is 24.1 Å². The molecule has 0 unspecified atom stereocenters. The van der Waals surface area contributed by atoms with E-state index in [0.717, 1.165) is 5.56 Å². The van der Waals surface area contributed by atoms with Crippen molar-refractivity contribution in [1.29, 1.82) is 0 Å². The van der Waals surface area contributed by atoms with E-state index >= 15 is 0 Å². The monoisotopic (exact) mass is 226 g/mol. The molecule has 0 saturated heterocycles. The predicted molar refractivity (Wildman–Crippen MR) is 57.6 cm³/mol. The van der Waals surface area contributed by atoms with Gasteiger partial charge in [-0.1, -0.05) is 12.1 Å². The van der Waals surface area contributed by atoms with Crippen LogP contribution in [0.5, 0.6) is 0 Å². The lowest BCUT2D eigenvalue weighted by molar-refractivity contribution is -0.144. The topological polar surface area (TPSA) is 35.5 Å². The van der Waals surface area contributed by atoms with E-state index in [4.69, 9.17) is 9.47 Å². The van der Waals surface area contributed by atoms with Gasteiger partial charge < -0.3 is 9.47 Å². The second-order valence-electron chi connectivity index (χ2n) is 3.34. The molecule has 0 saturated carbocycles. The van der Waals surface area contributed by atoms with Crippen LogP contribution in [0.2, 0.25) is 0 Å². The van der Waals surface area contributed by atoms with Crippen LogP contribution in [-0.2, 0) is 20.7 Å². The van der Waals surface area contributed by atoms with E-state index in [1.54, 1.807) is 19.2 Å². The third-order valence-corrected chi connectivity index (χ3v) is 2.08. The first-order valence-electron chi connectivity index (χ1n) is 5.11. The molecule has 1 aromatic carbocycles. The highest BCUT2D eigenvalue weighted by Crippen LogP contribution is 2.05. The van der Waals surface area contributed by atoms with E-state index in [1.807, 2.05) is 0 Å².